The van der Waals surface area contributed by atoms with Crippen molar-refractivity contribution in [1.29, 1.82) is 0 Å². The van der Waals surface area contributed by atoms with Crippen molar-refractivity contribution in [2.75, 3.05) is 13.2 Å². The molecule has 2 nitrogen and oxygen atoms in total. The zero-order chi connectivity index (χ0) is 19.8. The number of hydrogen-bond acceptors (Lipinski definition) is 2. The van der Waals surface area contributed by atoms with Gasteiger partial charge >= 0.3 is 9.28 Å². The van der Waals surface area contributed by atoms with Crippen LogP contribution in [0.3, 0.4) is 0 Å². The minimum atomic E-state index is -1.95. The van der Waals surface area contributed by atoms with E-state index >= 15 is 0 Å². The molecule has 5 rings (SSSR count). The quantitative estimate of drug-likeness (QED) is 0.269. The predicted molar refractivity (Wildman–Crippen MR) is 126 cm³/mol. The zero-order valence-corrected chi connectivity index (χ0v) is 18.0. The van der Waals surface area contributed by atoms with Gasteiger partial charge in [-0.2, -0.15) is 0 Å². The summed E-state index contributed by atoms with van der Waals surface area (Å²) in [5, 5.41) is 9.08. The smallest absolute Gasteiger partial charge is 0.356 e. The second-order valence-electron chi connectivity index (χ2n) is 7.30. The molecule has 0 saturated carbocycles. The maximum absolute atomic E-state index is 6.07. The monoisotopic (exact) mass is 396 g/mol. The van der Waals surface area contributed by atoms with Gasteiger partial charge in [-0.05, 0) is 62.5 Å². The first kappa shape index (κ1) is 18.3. The van der Waals surface area contributed by atoms with Crippen molar-refractivity contribution >= 4 is 46.8 Å². The van der Waals surface area contributed by atoms with Gasteiger partial charge in [0.15, 0.2) is 0 Å². The molecule has 0 radical (unpaired) electrons. The Morgan fingerprint density at radius 1 is 0.586 bits per heavy atom. The largest absolute Gasteiger partial charge is 0.394 e. The molecule has 0 atom stereocenters. The van der Waals surface area contributed by atoms with Gasteiger partial charge in [0.2, 0.25) is 0 Å². The summed E-state index contributed by atoms with van der Waals surface area (Å²) >= 11 is 0. The van der Waals surface area contributed by atoms with Crippen molar-refractivity contribution in [2.24, 2.45) is 0 Å². The Kier molecular flexibility index (Phi) is 4.80. The molecule has 29 heavy (non-hydrogen) atoms. The van der Waals surface area contributed by atoms with Gasteiger partial charge in [-0.3, -0.25) is 0 Å². The van der Waals surface area contributed by atoms with Gasteiger partial charge in [-0.1, -0.05) is 78.9 Å². The van der Waals surface area contributed by atoms with Gasteiger partial charge in [0.05, 0.1) is 0 Å². The van der Waals surface area contributed by atoms with Crippen LogP contribution < -0.4 is 5.19 Å². The normalized spacial score (nSPS) is 12.0. The Balaban J connectivity index is 1.80. The first-order valence-corrected chi connectivity index (χ1v) is 11.8. The molecule has 0 spiro atoms. The van der Waals surface area contributed by atoms with Crippen LogP contribution in [0.1, 0.15) is 13.8 Å². The van der Waals surface area contributed by atoms with E-state index in [4.69, 9.17) is 8.85 Å². The molecule has 0 aliphatic heterocycles. The van der Waals surface area contributed by atoms with Gasteiger partial charge in [0.1, 0.15) is 0 Å². The van der Waals surface area contributed by atoms with Gasteiger partial charge in [0.25, 0.3) is 0 Å². The highest BCUT2D eigenvalue weighted by Crippen LogP contribution is 2.38. The third kappa shape index (κ3) is 3.03. The second kappa shape index (κ2) is 7.60. The lowest BCUT2D eigenvalue weighted by atomic mass is 9.90. The molecule has 0 N–H and O–H groups in total. The Labute approximate surface area is 172 Å². The summed E-state index contributed by atoms with van der Waals surface area (Å²) in [6.07, 6.45) is 0. The molecule has 0 aliphatic carbocycles. The fourth-order valence-electron chi connectivity index (χ4n) is 4.45. The maximum atomic E-state index is 6.07. The minimum Gasteiger partial charge on any atom is -0.394 e. The Morgan fingerprint density at radius 2 is 1.21 bits per heavy atom. The lowest BCUT2D eigenvalue weighted by Gasteiger charge is -2.20. The van der Waals surface area contributed by atoms with Gasteiger partial charge in [-0.15, -0.1) is 0 Å². The highest BCUT2D eigenvalue weighted by atomic mass is 28.3. The van der Waals surface area contributed by atoms with Crippen LogP contribution in [0.2, 0.25) is 0 Å². The molecule has 5 aromatic carbocycles. The minimum absolute atomic E-state index is 0.670. The van der Waals surface area contributed by atoms with E-state index in [1.165, 1.54) is 48.6 Å². The molecule has 0 bridgehead atoms. The topological polar surface area (TPSA) is 18.5 Å². The standard InChI is InChI=1S/C26H24O2Si/c1-3-27-29(28-4-2)24-11-6-5-10-22(24)21-16-14-20-13-12-18-8-7-9-19-15-17-23(21)26(20)25(18)19/h5-17,29H,3-4H2,1-2H3. The van der Waals surface area contributed by atoms with Crippen LogP contribution in [0, 0.1) is 0 Å². The van der Waals surface area contributed by atoms with Crippen molar-refractivity contribution in [3.8, 4) is 11.1 Å². The summed E-state index contributed by atoms with van der Waals surface area (Å²) in [6, 6.07) is 28.6. The van der Waals surface area contributed by atoms with E-state index in [1.807, 2.05) is 13.8 Å². The number of rotatable bonds is 6. The summed E-state index contributed by atoms with van der Waals surface area (Å²) in [5.41, 5.74) is 2.48. The van der Waals surface area contributed by atoms with E-state index in [1.54, 1.807) is 0 Å². The molecule has 3 heteroatoms. The maximum Gasteiger partial charge on any atom is 0.356 e. The van der Waals surface area contributed by atoms with Crippen molar-refractivity contribution in [2.45, 2.75) is 13.8 Å². The van der Waals surface area contributed by atoms with Crippen LogP contribution in [0.5, 0.6) is 0 Å². The molecular weight excluding hydrogens is 372 g/mol. The number of benzene rings is 5. The van der Waals surface area contributed by atoms with E-state index < -0.39 is 9.28 Å². The summed E-state index contributed by atoms with van der Waals surface area (Å²) in [6.45, 7) is 5.42. The van der Waals surface area contributed by atoms with Crippen LogP contribution in [-0.4, -0.2) is 22.5 Å². The lowest BCUT2D eigenvalue weighted by molar-refractivity contribution is 0.225. The van der Waals surface area contributed by atoms with Crippen molar-refractivity contribution < 1.29 is 8.85 Å². The average Bonchev–Trinajstić information content (AvgIpc) is 2.77. The molecule has 0 aromatic heterocycles. The molecule has 144 valence electrons. The van der Waals surface area contributed by atoms with Gasteiger partial charge in [-0.25, -0.2) is 0 Å². The molecule has 0 aliphatic rings. The van der Waals surface area contributed by atoms with Crippen LogP contribution in [0.4, 0.5) is 0 Å². The van der Waals surface area contributed by atoms with Gasteiger partial charge < -0.3 is 8.85 Å². The van der Waals surface area contributed by atoms with Crippen LogP contribution in [0.25, 0.3) is 43.4 Å². The molecule has 0 unspecified atom stereocenters. The predicted octanol–water partition coefficient (Wildman–Crippen LogP) is 5.75. The third-order valence-electron chi connectivity index (χ3n) is 5.67. The van der Waals surface area contributed by atoms with Crippen LogP contribution in [-0.2, 0) is 8.85 Å². The zero-order valence-electron chi connectivity index (χ0n) is 16.8. The summed E-state index contributed by atoms with van der Waals surface area (Å²) in [4.78, 5) is 0. The third-order valence-corrected chi connectivity index (χ3v) is 7.95. The fraction of sp³-hybridized carbons (Fsp3) is 0.154. The molecule has 0 heterocycles. The molecule has 0 saturated heterocycles. The Hall–Kier alpha value is -2.72. The first-order chi connectivity index (χ1) is 14.3. The Morgan fingerprint density at radius 3 is 1.93 bits per heavy atom. The average molecular weight is 397 g/mol. The van der Waals surface area contributed by atoms with E-state index in [9.17, 15) is 0 Å². The number of hydrogen-bond donors (Lipinski definition) is 0. The van der Waals surface area contributed by atoms with E-state index in [-0.39, 0.29) is 0 Å². The highest BCUT2D eigenvalue weighted by molar-refractivity contribution is 6.63. The van der Waals surface area contributed by atoms with Gasteiger partial charge in [0, 0.05) is 13.2 Å². The van der Waals surface area contributed by atoms with Crippen LogP contribution in [0.15, 0.2) is 78.9 Å². The van der Waals surface area contributed by atoms with Crippen molar-refractivity contribution in [3.05, 3.63) is 78.9 Å². The lowest BCUT2D eigenvalue weighted by Crippen LogP contribution is -2.38. The van der Waals surface area contributed by atoms with E-state index in [0.29, 0.717) is 13.2 Å². The van der Waals surface area contributed by atoms with E-state index in [0.717, 1.165) is 0 Å². The molecule has 5 aromatic rings. The van der Waals surface area contributed by atoms with Crippen molar-refractivity contribution in [1.82, 2.24) is 0 Å². The SMILES string of the molecule is CCO[SiH](OCC)c1ccccc1-c1ccc2ccc3cccc4ccc1c2c34. The molecular formula is C26H24O2Si. The molecule has 0 fully saturated rings. The van der Waals surface area contributed by atoms with E-state index in [2.05, 4.69) is 78.9 Å². The highest BCUT2D eigenvalue weighted by Gasteiger charge is 2.21. The Bertz CT molecular complexity index is 1270. The van der Waals surface area contributed by atoms with Crippen LogP contribution >= 0.6 is 0 Å². The summed E-state index contributed by atoms with van der Waals surface area (Å²) in [5.74, 6) is 0. The summed E-state index contributed by atoms with van der Waals surface area (Å²) in [7, 11) is -1.95. The fourth-order valence-corrected chi connectivity index (χ4v) is 6.28. The second-order valence-corrected chi connectivity index (χ2v) is 9.25. The molecule has 0 amide bonds. The van der Waals surface area contributed by atoms with Crippen molar-refractivity contribution in [3.63, 3.8) is 0 Å². The summed E-state index contributed by atoms with van der Waals surface area (Å²) < 4.78 is 12.1. The first-order valence-electron chi connectivity index (χ1n) is 10.3.